The highest BCUT2D eigenvalue weighted by molar-refractivity contribution is 5.97. The van der Waals surface area contributed by atoms with Crippen LogP contribution < -0.4 is 11.1 Å². The van der Waals surface area contributed by atoms with Crippen LogP contribution in [-0.4, -0.2) is 28.0 Å². The first-order valence-corrected chi connectivity index (χ1v) is 6.99. The monoisotopic (exact) mass is 306 g/mol. The van der Waals surface area contributed by atoms with Gasteiger partial charge < -0.3 is 11.1 Å². The van der Waals surface area contributed by atoms with Crippen LogP contribution in [0.15, 0.2) is 30.6 Å². The van der Waals surface area contributed by atoms with Gasteiger partial charge in [0.1, 0.15) is 0 Å². The third kappa shape index (κ3) is 3.68. The molecule has 3 rings (SSSR count). The maximum atomic E-state index is 12.2. The van der Waals surface area contributed by atoms with E-state index >= 15 is 0 Å². The van der Waals surface area contributed by atoms with Crippen molar-refractivity contribution in [2.24, 2.45) is 5.73 Å². The molecule has 6 heteroatoms. The molecule has 1 heterocycles. The second-order valence-corrected chi connectivity index (χ2v) is 5.35. The van der Waals surface area contributed by atoms with Gasteiger partial charge in [-0.1, -0.05) is 0 Å². The second kappa shape index (κ2) is 6.83. The van der Waals surface area contributed by atoms with Gasteiger partial charge in [-0.25, -0.2) is 0 Å². The zero-order valence-electron chi connectivity index (χ0n) is 11.7. The van der Waals surface area contributed by atoms with Gasteiger partial charge in [0, 0.05) is 30.0 Å². The van der Waals surface area contributed by atoms with Crippen molar-refractivity contribution in [2.45, 2.75) is 37.8 Å². The molecule has 0 spiro atoms. The Labute approximate surface area is 129 Å². The molecule has 0 unspecified atom stereocenters. The number of carbonyl (C=O) groups is 1. The number of fused-ring (bicyclic) bond motifs is 1. The first-order valence-electron chi connectivity index (χ1n) is 6.99. The smallest absolute Gasteiger partial charge is 0.251 e. The predicted molar refractivity (Wildman–Crippen MR) is 84.5 cm³/mol. The zero-order chi connectivity index (χ0) is 13.9. The van der Waals surface area contributed by atoms with E-state index in [4.69, 9.17) is 5.73 Å². The van der Waals surface area contributed by atoms with Gasteiger partial charge in [0.05, 0.1) is 11.0 Å². The molecule has 1 saturated carbocycles. The van der Waals surface area contributed by atoms with E-state index in [2.05, 4.69) is 15.3 Å². The molecule has 0 saturated heterocycles. The van der Waals surface area contributed by atoms with E-state index in [0.717, 1.165) is 36.7 Å². The number of halogens is 1. The molecule has 21 heavy (non-hydrogen) atoms. The molecule has 1 aliphatic carbocycles. The highest BCUT2D eigenvalue weighted by atomic mass is 35.5. The van der Waals surface area contributed by atoms with E-state index in [1.54, 1.807) is 24.5 Å². The van der Waals surface area contributed by atoms with Crippen molar-refractivity contribution in [3.63, 3.8) is 0 Å². The second-order valence-electron chi connectivity index (χ2n) is 5.35. The standard InChI is InChI=1S/C15H18N4O.ClH/c16-11-2-4-12(5-3-11)19-15(20)10-1-6-13-14(9-10)18-8-7-17-13;/h1,6-9,11-12H,2-5,16H2,(H,19,20);1H. The Morgan fingerprint density at radius 2 is 1.76 bits per heavy atom. The molecular formula is C15H19ClN4O. The number of nitrogens with one attached hydrogen (secondary N) is 1. The van der Waals surface area contributed by atoms with E-state index in [1.165, 1.54) is 0 Å². The molecule has 0 aliphatic heterocycles. The molecule has 5 nitrogen and oxygen atoms in total. The molecule has 112 valence electrons. The van der Waals surface area contributed by atoms with Crippen molar-refractivity contribution in [1.82, 2.24) is 15.3 Å². The van der Waals surface area contributed by atoms with Crippen molar-refractivity contribution in [1.29, 1.82) is 0 Å². The molecule has 1 aromatic carbocycles. The summed E-state index contributed by atoms with van der Waals surface area (Å²) >= 11 is 0. The molecular weight excluding hydrogens is 288 g/mol. The van der Waals surface area contributed by atoms with Gasteiger partial charge in [0.15, 0.2) is 0 Å². The minimum absolute atomic E-state index is 0. The van der Waals surface area contributed by atoms with E-state index < -0.39 is 0 Å². The number of hydrogen-bond donors (Lipinski definition) is 2. The summed E-state index contributed by atoms with van der Waals surface area (Å²) in [5, 5.41) is 3.08. The number of aromatic nitrogens is 2. The minimum Gasteiger partial charge on any atom is -0.349 e. The maximum Gasteiger partial charge on any atom is 0.251 e. The topological polar surface area (TPSA) is 80.9 Å². The van der Waals surface area contributed by atoms with Crippen LogP contribution in [0.2, 0.25) is 0 Å². The molecule has 0 radical (unpaired) electrons. The lowest BCUT2D eigenvalue weighted by Crippen LogP contribution is -2.40. The Hall–Kier alpha value is -1.72. The SMILES string of the molecule is Cl.NC1CCC(NC(=O)c2ccc3nccnc3c2)CC1. The molecule has 0 atom stereocenters. The number of hydrogen-bond acceptors (Lipinski definition) is 4. The largest absolute Gasteiger partial charge is 0.349 e. The Bertz CT molecular complexity index is 626. The predicted octanol–water partition coefficient (Wildman–Crippen LogP) is 2.05. The first kappa shape index (κ1) is 15.7. The fraction of sp³-hybridized carbons (Fsp3) is 0.400. The molecule has 0 bridgehead atoms. The van der Waals surface area contributed by atoms with Crippen molar-refractivity contribution >= 4 is 29.3 Å². The van der Waals surface area contributed by atoms with Crippen molar-refractivity contribution in [3.05, 3.63) is 36.2 Å². The Kier molecular flexibility index (Phi) is 5.09. The summed E-state index contributed by atoms with van der Waals surface area (Å²) in [6.45, 7) is 0. The molecule has 1 aromatic heterocycles. The van der Waals surface area contributed by atoms with Crippen LogP contribution in [0.4, 0.5) is 0 Å². The molecule has 1 amide bonds. The average molecular weight is 307 g/mol. The normalized spacial score (nSPS) is 21.6. The number of nitrogens with zero attached hydrogens (tertiary/aromatic N) is 2. The average Bonchev–Trinajstić information content (AvgIpc) is 2.49. The van der Waals surface area contributed by atoms with Crippen LogP contribution in [0.25, 0.3) is 11.0 Å². The summed E-state index contributed by atoms with van der Waals surface area (Å²) in [7, 11) is 0. The van der Waals surface area contributed by atoms with E-state index in [-0.39, 0.29) is 24.4 Å². The van der Waals surface area contributed by atoms with Crippen molar-refractivity contribution < 1.29 is 4.79 Å². The van der Waals surface area contributed by atoms with Crippen LogP contribution >= 0.6 is 12.4 Å². The summed E-state index contributed by atoms with van der Waals surface area (Å²) in [5.41, 5.74) is 8.05. The lowest BCUT2D eigenvalue weighted by Gasteiger charge is -2.26. The third-order valence-electron chi connectivity index (χ3n) is 3.84. The van der Waals surface area contributed by atoms with Crippen molar-refractivity contribution in [2.75, 3.05) is 0 Å². The minimum atomic E-state index is -0.0435. The van der Waals surface area contributed by atoms with Crippen LogP contribution in [0.3, 0.4) is 0 Å². The van der Waals surface area contributed by atoms with Gasteiger partial charge in [0.2, 0.25) is 0 Å². The Balaban J connectivity index is 0.00000161. The highest BCUT2D eigenvalue weighted by Crippen LogP contribution is 2.18. The number of carbonyl (C=O) groups excluding carboxylic acids is 1. The number of amides is 1. The molecule has 2 aromatic rings. The third-order valence-corrected chi connectivity index (χ3v) is 3.84. The lowest BCUT2D eigenvalue weighted by atomic mass is 9.91. The van der Waals surface area contributed by atoms with Crippen LogP contribution in [-0.2, 0) is 0 Å². The summed E-state index contributed by atoms with van der Waals surface area (Å²) in [6, 6.07) is 5.93. The van der Waals surface area contributed by atoms with E-state index in [1.807, 2.05) is 6.07 Å². The number of nitrogens with two attached hydrogens (primary N) is 1. The van der Waals surface area contributed by atoms with Gasteiger partial charge in [-0.2, -0.15) is 0 Å². The number of rotatable bonds is 2. The van der Waals surface area contributed by atoms with Crippen LogP contribution in [0, 0.1) is 0 Å². The summed E-state index contributed by atoms with van der Waals surface area (Å²) < 4.78 is 0. The molecule has 1 fully saturated rings. The van der Waals surface area contributed by atoms with Gasteiger partial charge in [0.25, 0.3) is 5.91 Å². The van der Waals surface area contributed by atoms with Gasteiger partial charge in [-0.15, -0.1) is 12.4 Å². The van der Waals surface area contributed by atoms with Crippen LogP contribution in [0.5, 0.6) is 0 Å². The maximum absolute atomic E-state index is 12.2. The van der Waals surface area contributed by atoms with Crippen LogP contribution in [0.1, 0.15) is 36.0 Å². The van der Waals surface area contributed by atoms with Gasteiger partial charge in [-0.3, -0.25) is 14.8 Å². The summed E-state index contributed by atoms with van der Waals surface area (Å²) in [5.74, 6) is -0.0435. The van der Waals surface area contributed by atoms with Gasteiger partial charge in [-0.05, 0) is 43.9 Å². The molecule has 1 aliphatic rings. The Morgan fingerprint density at radius 3 is 2.48 bits per heavy atom. The lowest BCUT2D eigenvalue weighted by molar-refractivity contribution is 0.0926. The fourth-order valence-electron chi connectivity index (χ4n) is 2.64. The number of benzene rings is 1. The highest BCUT2D eigenvalue weighted by Gasteiger charge is 2.20. The molecule has 3 N–H and O–H groups in total. The fourth-order valence-corrected chi connectivity index (χ4v) is 2.64. The van der Waals surface area contributed by atoms with E-state index in [0.29, 0.717) is 11.6 Å². The first-order chi connectivity index (χ1) is 9.72. The zero-order valence-corrected chi connectivity index (χ0v) is 12.5. The quantitative estimate of drug-likeness (QED) is 0.890. The Morgan fingerprint density at radius 1 is 1.10 bits per heavy atom. The summed E-state index contributed by atoms with van der Waals surface area (Å²) in [6.07, 6.45) is 7.16. The van der Waals surface area contributed by atoms with Gasteiger partial charge >= 0.3 is 0 Å². The summed E-state index contributed by atoms with van der Waals surface area (Å²) in [4.78, 5) is 20.7. The van der Waals surface area contributed by atoms with E-state index in [9.17, 15) is 4.79 Å². The van der Waals surface area contributed by atoms with Crippen molar-refractivity contribution in [3.8, 4) is 0 Å².